The predicted molar refractivity (Wildman–Crippen MR) is 122 cm³/mol. The van der Waals surface area contributed by atoms with E-state index >= 15 is 0 Å². The van der Waals surface area contributed by atoms with Gasteiger partial charge in [-0.1, -0.05) is 36.4 Å². The second-order valence-electron chi connectivity index (χ2n) is 9.59. The normalized spacial score (nSPS) is 28.1. The number of para-hydroxylation sites is 1. The maximum absolute atomic E-state index is 13.1. The molecular weight excluding hydrogens is 425 g/mol. The van der Waals surface area contributed by atoms with E-state index < -0.39 is 17.8 Å². The fraction of sp³-hybridized carbons (Fsp3) is 0.370. The van der Waals surface area contributed by atoms with Crippen molar-refractivity contribution in [2.45, 2.75) is 37.7 Å². The van der Waals surface area contributed by atoms with E-state index in [9.17, 15) is 18.3 Å². The number of fused-ring (bicyclic) bond motifs is 4. The molecule has 3 saturated heterocycles. The second-order valence-corrected chi connectivity index (χ2v) is 9.59. The number of quaternary nitrogens is 1. The van der Waals surface area contributed by atoms with Gasteiger partial charge in [-0.3, -0.25) is 4.98 Å². The molecule has 6 heteroatoms. The molecule has 172 valence electrons. The van der Waals surface area contributed by atoms with E-state index in [2.05, 4.69) is 11.6 Å². The van der Waals surface area contributed by atoms with Crippen molar-refractivity contribution in [3.8, 4) is 0 Å². The Morgan fingerprint density at radius 2 is 1.88 bits per heavy atom. The van der Waals surface area contributed by atoms with Gasteiger partial charge in [-0.25, -0.2) is 0 Å². The van der Waals surface area contributed by atoms with Crippen LogP contribution in [0.3, 0.4) is 0 Å². The average Bonchev–Trinajstić information content (AvgIpc) is 2.83. The third-order valence-electron chi connectivity index (χ3n) is 7.82. The fourth-order valence-electron chi connectivity index (χ4n) is 6.13. The Morgan fingerprint density at radius 1 is 1.12 bits per heavy atom. The summed E-state index contributed by atoms with van der Waals surface area (Å²) in [4.78, 5) is 4.43. The average molecular weight is 454 g/mol. The summed E-state index contributed by atoms with van der Waals surface area (Å²) >= 11 is 0. The number of benzene rings is 2. The van der Waals surface area contributed by atoms with Crippen molar-refractivity contribution >= 4 is 10.9 Å². The number of halogens is 3. The number of alkyl halides is 3. The number of nitrogens with zero attached hydrogens (tertiary/aromatic N) is 2. The van der Waals surface area contributed by atoms with Crippen LogP contribution in [0.2, 0.25) is 0 Å². The van der Waals surface area contributed by atoms with Crippen molar-refractivity contribution in [2.75, 3.05) is 13.1 Å². The monoisotopic (exact) mass is 453 g/mol. The Labute approximate surface area is 191 Å². The minimum Gasteiger partial charge on any atom is -0.382 e. The third kappa shape index (κ3) is 3.96. The third-order valence-corrected chi connectivity index (χ3v) is 7.82. The van der Waals surface area contributed by atoms with Gasteiger partial charge in [0.15, 0.2) is 0 Å². The molecule has 3 aromatic rings. The molecule has 1 unspecified atom stereocenters. The van der Waals surface area contributed by atoms with Gasteiger partial charge < -0.3 is 9.59 Å². The van der Waals surface area contributed by atoms with Crippen LogP contribution in [0.25, 0.3) is 10.9 Å². The fourth-order valence-corrected chi connectivity index (χ4v) is 6.13. The van der Waals surface area contributed by atoms with E-state index in [0.717, 1.165) is 60.1 Å². The van der Waals surface area contributed by atoms with Crippen LogP contribution >= 0.6 is 0 Å². The molecule has 3 aliphatic rings. The van der Waals surface area contributed by atoms with Gasteiger partial charge in [-0.05, 0) is 35.7 Å². The molecule has 2 bridgehead atoms. The first-order valence-corrected chi connectivity index (χ1v) is 11.5. The molecule has 6 rings (SSSR count). The van der Waals surface area contributed by atoms with Gasteiger partial charge in [0.1, 0.15) is 18.7 Å². The van der Waals surface area contributed by atoms with Crippen LogP contribution in [0.4, 0.5) is 13.2 Å². The van der Waals surface area contributed by atoms with Gasteiger partial charge in [-0.2, -0.15) is 13.2 Å². The highest BCUT2D eigenvalue weighted by Crippen LogP contribution is 2.48. The summed E-state index contributed by atoms with van der Waals surface area (Å²) in [5.74, 6) is 0.827. The Balaban J connectivity index is 1.51. The molecule has 0 aliphatic carbocycles. The Kier molecular flexibility index (Phi) is 5.53. The van der Waals surface area contributed by atoms with Crippen molar-refractivity contribution < 1.29 is 22.8 Å². The molecule has 1 N–H and O–H groups in total. The Hall–Kier alpha value is -2.70. The van der Waals surface area contributed by atoms with Gasteiger partial charge >= 0.3 is 6.18 Å². The molecular formula is C27H28F3N2O+. The summed E-state index contributed by atoms with van der Waals surface area (Å²) in [5.41, 5.74) is 1.96. The summed E-state index contributed by atoms with van der Waals surface area (Å²) in [5, 5.41) is 12.6. The molecule has 0 spiro atoms. The molecule has 1 aromatic heterocycles. The topological polar surface area (TPSA) is 33.1 Å². The molecule has 3 nitrogen and oxygen atoms in total. The summed E-state index contributed by atoms with van der Waals surface area (Å²) in [6.45, 7) is 6.39. The van der Waals surface area contributed by atoms with Crippen molar-refractivity contribution in [1.82, 2.24) is 4.98 Å². The molecule has 33 heavy (non-hydrogen) atoms. The SMILES string of the molecule is C=C[C@H]1C[N+]2(Cc3ccc(C(F)(F)F)cc3)CC[C@@H]1C[C@@H]2[C@H](O)c1ccnc2ccccc12. The number of pyridine rings is 1. The number of aromatic nitrogens is 1. The van der Waals surface area contributed by atoms with Crippen LogP contribution in [0.15, 0.2) is 73.4 Å². The largest absolute Gasteiger partial charge is 0.416 e. The van der Waals surface area contributed by atoms with Crippen LogP contribution < -0.4 is 0 Å². The van der Waals surface area contributed by atoms with Crippen molar-refractivity contribution in [3.63, 3.8) is 0 Å². The Morgan fingerprint density at radius 3 is 2.61 bits per heavy atom. The van der Waals surface area contributed by atoms with Gasteiger partial charge in [0.2, 0.25) is 0 Å². The summed E-state index contributed by atoms with van der Waals surface area (Å²) in [6, 6.07) is 15.2. The van der Waals surface area contributed by atoms with Crippen LogP contribution in [-0.4, -0.2) is 33.7 Å². The van der Waals surface area contributed by atoms with Crippen molar-refractivity contribution in [3.05, 3.63) is 90.1 Å². The van der Waals surface area contributed by atoms with E-state index in [0.29, 0.717) is 22.9 Å². The summed E-state index contributed by atoms with van der Waals surface area (Å²) in [6.07, 6.45) is 0.648. The lowest BCUT2D eigenvalue weighted by Gasteiger charge is -2.58. The number of rotatable bonds is 5. The Bertz CT molecular complexity index is 1150. The molecule has 2 aromatic carbocycles. The lowest BCUT2D eigenvalue weighted by Crippen LogP contribution is -2.67. The minimum absolute atomic E-state index is 0.0342. The number of piperidine rings is 3. The molecule has 0 saturated carbocycles. The van der Waals surface area contributed by atoms with Crippen LogP contribution in [0, 0.1) is 11.8 Å². The number of hydrogen-bond donors (Lipinski definition) is 1. The van der Waals surface area contributed by atoms with Gasteiger partial charge in [0, 0.05) is 35.9 Å². The van der Waals surface area contributed by atoms with Gasteiger partial charge in [0.05, 0.1) is 24.2 Å². The van der Waals surface area contributed by atoms with Crippen LogP contribution in [0.5, 0.6) is 0 Å². The minimum atomic E-state index is -4.34. The summed E-state index contributed by atoms with van der Waals surface area (Å²) in [7, 11) is 0. The quantitative estimate of drug-likeness (QED) is 0.386. The lowest BCUT2D eigenvalue weighted by atomic mass is 9.71. The number of aliphatic hydroxyl groups is 1. The van der Waals surface area contributed by atoms with E-state index in [4.69, 9.17) is 0 Å². The second kappa shape index (κ2) is 8.26. The first kappa shape index (κ1) is 22.1. The first-order valence-electron chi connectivity index (χ1n) is 11.5. The molecule has 5 atom stereocenters. The zero-order valence-electron chi connectivity index (χ0n) is 18.4. The molecule has 4 heterocycles. The molecule has 0 amide bonds. The highest BCUT2D eigenvalue weighted by atomic mass is 19.4. The number of aliphatic hydroxyl groups excluding tert-OH is 1. The van der Waals surface area contributed by atoms with E-state index in [1.165, 1.54) is 0 Å². The molecule has 3 aliphatic heterocycles. The van der Waals surface area contributed by atoms with Crippen molar-refractivity contribution in [1.29, 1.82) is 0 Å². The predicted octanol–water partition coefficient (Wildman–Crippen LogP) is 5.90. The van der Waals surface area contributed by atoms with Crippen LogP contribution in [-0.2, 0) is 12.7 Å². The van der Waals surface area contributed by atoms with E-state index in [-0.39, 0.29) is 6.04 Å². The number of hydrogen-bond acceptors (Lipinski definition) is 2. The smallest absolute Gasteiger partial charge is 0.382 e. The van der Waals surface area contributed by atoms with E-state index in [1.54, 1.807) is 18.3 Å². The van der Waals surface area contributed by atoms with E-state index in [1.807, 2.05) is 36.4 Å². The zero-order chi connectivity index (χ0) is 23.2. The first-order chi connectivity index (χ1) is 15.8. The highest BCUT2D eigenvalue weighted by Gasteiger charge is 2.54. The highest BCUT2D eigenvalue weighted by molar-refractivity contribution is 5.82. The molecule has 0 radical (unpaired) electrons. The maximum Gasteiger partial charge on any atom is 0.416 e. The maximum atomic E-state index is 13.1. The standard InChI is InChI=1S/C27H28F3N2O/c1-2-19-17-32(16-18-7-9-21(10-8-18)27(28,29)30)14-12-20(19)15-25(32)26(33)23-11-13-31-24-6-4-3-5-22(23)24/h2-11,13,19-20,25-26,33H,1,12,14-17H2/q+1/t19-,20+,25+,26+,32?/m0/s1. The van der Waals surface area contributed by atoms with Gasteiger partial charge in [-0.15, -0.1) is 6.58 Å². The molecule has 3 fully saturated rings. The zero-order valence-corrected chi connectivity index (χ0v) is 18.4. The van der Waals surface area contributed by atoms with Gasteiger partial charge in [0.25, 0.3) is 0 Å². The summed E-state index contributed by atoms with van der Waals surface area (Å²) < 4.78 is 39.8. The van der Waals surface area contributed by atoms with Crippen LogP contribution in [0.1, 0.15) is 35.6 Å². The van der Waals surface area contributed by atoms with Crippen molar-refractivity contribution in [2.24, 2.45) is 11.8 Å². The lowest BCUT2D eigenvalue weighted by molar-refractivity contribution is -0.984.